The summed E-state index contributed by atoms with van der Waals surface area (Å²) in [4.78, 5) is 29.4. The van der Waals surface area contributed by atoms with Crippen molar-refractivity contribution in [1.82, 2.24) is 10.2 Å². The molecule has 2 amide bonds. The van der Waals surface area contributed by atoms with Crippen molar-refractivity contribution in [2.45, 2.75) is 33.7 Å². The van der Waals surface area contributed by atoms with E-state index >= 15 is 0 Å². The van der Waals surface area contributed by atoms with Gasteiger partial charge in [-0.25, -0.2) is 0 Å². The van der Waals surface area contributed by atoms with Crippen LogP contribution in [-0.4, -0.2) is 48.9 Å². The molecule has 5 heteroatoms. The van der Waals surface area contributed by atoms with Gasteiger partial charge in [-0.2, -0.15) is 0 Å². The van der Waals surface area contributed by atoms with E-state index in [1.165, 1.54) is 16.8 Å². The maximum atomic E-state index is 12.8. The van der Waals surface area contributed by atoms with Gasteiger partial charge in [0.2, 0.25) is 5.91 Å². The first kappa shape index (κ1) is 19.9. The molecular formula is C23H29N3O2. The Kier molecular flexibility index (Phi) is 6.02. The number of rotatable bonds is 4. The van der Waals surface area contributed by atoms with Crippen LogP contribution < -0.4 is 10.2 Å². The smallest absolute Gasteiger partial charge is 0.251 e. The van der Waals surface area contributed by atoms with Crippen LogP contribution in [0.15, 0.2) is 42.5 Å². The SMILES string of the molecule is Cc1cccc(C(=O)N[C@@H](C)C(=O)N2CCN(c3cccc(C)c3C)CC2)c1. The normalized spacial score (nSPS) is 15.3. The van der Waals surface area contributed by atoms with Crippen LogP contribution in [0.25, 0.3) is 0 Å². The molecule has 0 saturated carbocycles. The fourth-order valence-electron chi connectivity index (χ4n) is 3.65. The molecule has 0 aliphatic carbocycles. The molecule has 1 fully saturated rings. The van der Waals surface area contributed by atoms with Crippen molar-refractivity contribution in [3.05, 3.63) is 64.7 Å². The average Bonchev–Trinajstić information content (AvgIpc) is 2.69. The first-order valence-corrected chi connectivity index (χ1v) is 9.84. The van der Waals surface area contributed by atoms with Gasteiger partial charge in [-0.05, 0) is 57.0 Å². The molecule has 1 N–H and O–H groups in total. The second kappa shape index (κ2) is 8.46. The number of hydrogen-bond donors (Lipinski definition) is 1. The van der Waals surface area contributed by atoms with E-state index in [4.69, 9.17) is 0 Å². The highest BCUT2D eigenvalue weighted by Gasteiger charge is 2.26. The number of piperazine rings is 1. The quantitative estimate of drug-likeness (QED) is 0.888. The predicted octanol–water partition coefficient (Wildman–Crippen LogP) is 3.08. The third-order valence-electron chi connectivity index (χ3n) is 5.51. The summed E-state index contributed by atoms with van der Waals surface area (Å²) < 4.78 is 0. The molecule has 1 aliphatic rings. The predicted molar refractivity (Wildman–Crippen MR) is 113 cm³/mol. The number of nitrogens with one attached hydrogen (secondary N) is 1. The third-order valence-corrected chi connectivity index (χ3v) is 5.51. The highest BCUT2D eigenvalue weighted by molar-refractivity contribution is 5.97. The second-order valence-electron chi connectivity index (χ2n) is 7.60. The Morgan fingerprint density at radius 3 is 2.32 bits per heavy atom. The second-order valence-corrected chi connectivity index (χ2v) is 7.60. The number of benzene rings is 2. The van der Waals surface area contributed by atoms with Gasteiger partial charge < -0.3 is 15.1 Å². The average molecular weight is 380 g/mol. The number of nitrogens with zero attached hydrogens (tertiary/aromatic N) is 2. The summed E-state index contributed by atoms with van der Waals surface area (Å²) >= 11 is 0. The number of amides is 2. The maximum Gasteiger partial charge on any atom is 0.251 e. The zero-order valence-electron chi connectivity index (χ0n) is 17.2. The van der Waals surface area contributed by atoms with Crippen molar-refractivity contribution < 1.29 is 9.59 Å². The molecule has 5 nitrogen and oxygen atoms in total. The van der Waals surface area contributed by atoms with Crippen molar-refractivity contribution in [1.29, 1.82) is 0 Å². The molecule has 2 aromatic carbocycles. The van der Waals surface area contributed by atoms with E-state index in [1.54, 1.807) is 13.0 Å². The van der Waals surface area contributed by atoms with Crippen LogP contribution in [0, 0.1) is 20.8 Å². The Morgan fingerprint density at radius 2 is 1.64 bits per heavy atom. The van der Waals surface area contributed by atoms with Crippen molar-refractivity contribution in [2.75, 3.05) is 31.1 Å². The molecule has 1 heterocycles. The van der Waals surface area contributed by atoms with Gasteiger partial charge in [-0.15, -0.1) is 0 Å². The summed E-state index contributed by atoms with van der Waals surface area (Å²) in [5, 5.41) is 2.84. The topological polar surface area (TPSA) is 52.7 Å². The minimum absolute atomic E-state index is 0.0263. The monoisotopic (exact) mass is 379 g/mol. The van der Waals surface area contributed by atoms with Gasteiger partial charge in [0.15, 0.2) is 0 Å². The lowest BCUT2D eigenvalue weighted by Gasteiger charge is -2.38. The zero-order chi connectivity index (χ0) is 20.3. The van der Waals surface area contributed by atoms with Gasteiger partial charge in [-0.3, -0.25) is 9.59 Å². The molecule has 0 bridgehead atoms. The number of hydrogen-bond acceptors (Lipinski definition) is 3. The Bertz CT molecular complexity index is 870. The van der Waals surface area contributed by atoms with Crippen LogP contribution in [0.2, 0.25) is 0 Å². The number of carbonyl (C=O) groups is 2. The Hall–Kier alpha value is -2.82. The van der Waals surface area contributed by atoms with E-state index in [-0.39, 0.29) is 11.8 Å². The molecule has 2 aromatic rings. The van der Waals surface area contributed by atoms with E-state index in [9.17, 15) is 9.59 Å². The van der Waals surface area contributed by atoms with Crippen LogP contribution >= 0.6 is 0 Å². The summed E-state index contributed by atoms with van der Waals surface area (Å²) in [5.74, 6) is -0.236. The lowest BCUT2D eigenvalue weighted by atomic mass is 10.1. The van der Waals surface area contributed by atoms with Gasteiger partial charge in [0.05, 0.1) is 0 Å². The number of carbonyl (C=O) groups excluding carboxylic acids is 2. The number of anilines is 1. The first-order valence-electron chi connectivity index (χ1n) is 9.84. The summed E-state index contributed by atoms with van der Waals surface area (Å²) in [6, 6.07) is 13.2. The van der Waals surface area contributed by atoms with Crippen LogP contribution in [0.4, 0.5) is 5.69 Å². The van der Waals surface area contributed by atoms with E-state index in [2.05, 4.69) is 42.3 Å². The van der Waals surface area contributed by atoms with Gasteiger partial charge in [0.1, 0.15) is 6.04 Å². The number of aryl methyl sites for hydroxylation is 2. The molecule has 1 saturated heterocycles. The van der Waals surface area contributed by atoms with Crippen molar-refractivity contribution in [3.63, 3.8) is 0 Å². The zero-order valence-corrected chi connectivity index (χ0v) is 17.2. The molecule has 0 radical (unpaired) electrons. The molecular weight excluding hydrogens is 350 g/mol. The third kappa shape index (κ3) is 4.35. The van der Waals surface area contributed by atoms with E-state index in [1.807, 2.05) is 30.0 Å². The summed E-state index contributed by atoms with van der Waals surface area (Å²) in [5.41, 5.74) is 5.42. The lowest BCUT2D eigenvalue weighted by molar-refractivity contribution is -0.133. The van der Waals surface area contributed by atoms with Crippen molar-refractivity contribution in [3.8, 4) is 0 Å². The van der Waals surface area contributed by atoms with Crippen LogP contribution in [0.3, 0.4) is 0 Å². The Labute approximate surface area is 167 Å². The fraction of sp³-hybridized carbons (Fsp3) is 0.391. The van der Waals surface area contributed by atoms with Gasteiger partial charge in [0.25, 0.3) is 5.91 Å². The highest BCUT2D eigenvalue weighted by Crippen LogP contribution is 2.24. The van der Waals surface area contributed by atoms with Crippen LogP contribution in [0.5, 0.6) is 0 Å². The van der Waals surface area contributed by atoms with Gasteiger partial charge >= 0.3 is 0 Å². The summed E-state index contributed by atoms with van der Waals surface area (Å²) in [6.07, 6.45) is 0. The van der Waals surface area contributed by atoms with Crippen LogP contribution in [0.1, 0.15) is 34.0 Å². The molecule has 1 aliphatic heterocycles. The van der Waals surface area contributed by atoms with E-state index in [0.717, 1.165) is 18.7 Å². The molecule has 0 unspecified atom stereocenters. The standard InChI is InChI=1S/C23H29N3O2/c1-16-7-5-9-20(15-16)22(27)24-19(4)23(28)26-13-11-25(12-14-26)21-10-6-8-17(2)18(21)3/h5-10,15,19H,11-14H2,1-4H3,(H,24,27)/t19-/m0/s1. The highest BCUT2D eigenvalue weighted by atomic mass is 16.2. The van der Waals surface area contributed by atoms with Gasteiger partial charge in [0, 0.05) is 37.4 Å². The Balaban J connectivity index is 1.57. The molecule has 1 atom stereocenters. The molecule has 0 aromatic heterocycles. The summed E-state index contributed by atoms with van der Waals surface area (Å²) in [7, 11) is 0. The van der Waals surface area contributed by atoms with Crippen molar-refractivity contribution in [2.24, 2.45) is 0 Å². The minimum atomic E-state index is -0.541. The van der Waals surface area contributed by atoms with E-state index in [0.29, 0.717) is 18.7 Å². The largest absolute Gasteiger partial charge is 0.368 e. The lowest BCUT2D eigenvalue weighted by Crippen LogP contribution is -2.54. The molecule has 0 spiro atoms. The summed E-state index contributed by atoms with van der Waals surface area (Å²) in [6.45, 7) is 10.9. The fourth-order valence-corrected chi connectivity index (χ4v) is 3.65. The minimum Gasteiger partial charge on any atom is -0.368 e. The van der Waals surface area contributed by atoms with Gasteiger partial charge in [-0.1, -0.05) is 29.8 Å². The maximum absolute atomic E-state index is 12.8. The van der Waals surface area contributed by atoms with Crippen molar-refractivity contribution >= 4 is 17.5 Å². The van der Waals surface area contributed by atoms with E-state index < -0.39 is 6.04 Å². The molecule has 3 rings (SSSR count). The molecule has 148 valence electrons. The first-order chi connectivity index (χ1) is 13.4. The molecule has 28 heavy (non-hydrogen) atoms. The Morgan fingerprint density at radius 1 is 0.964 bits per heavy atom. The van der Waals surface area contributed by atoms with Crippen LogP contribution in [-0.2, 0) is 4.79 Å².